The smallest absolute Gasteiger partial charge is 0.406 e. The summed E-state index contributed by atoms with van der Waals surface area (Å²) in [4.78, 5) is 12.8. The van der Waals surface area contributed by atoms with E-state index in [1.807, 2.05) is 30.3 Å². The second-order valence-corrected chi connectivity index (χ2v) is 8.52. The normalized spacial score (nSPS) is 15.4. The van der Waals surface area contributed by atoms with Gasteiger partial charge in [-0.05, 0) is 59.7 Å². The maximum Gasteiger partial charge on any atom is 0.573 e. The summed E-state index contributed by atoms with van der Waals surface area (Å²) < 4.78 is 40.9. The monoisotopic (exact) mass is 468 g/mol. The lowest BCUT2D eigenvalue weighted by atomic mass is 9.83. The van der Waals surface area contributed by atoms with Crippen molar-refractivity contribution in [2.24, 2.45) is 0 Å². The van der Waals surface area contributed by atoms with Crippen molar-refractivity contribution in [3.8, 4) is 5.75 Å². The van der Waals surface area contributed by atoms with Gasteiger partial charge in [0.2, 0.25) is 0 Å². The lowest BCUT2D eigenvalue weighted by Crippen LogP contribution is -2.33. The van der Waals surface area contributed by atoms with Crippen LogP contribution in [0.5, 0.6) is 5.75 Å². The molecule has 0 bridgehead atoms. The second kappa shape index (κ2) is 10.6. The summed E-state index contributed by atoms with van der Waals surface area (Å²) in [6.45, 7) is 0. The number of alkyl halides is 3. The van der Waals surface area contributed by atoms with E-state index in [0.717, 1.165) is 23.3 Å². The largest absolute Gasteiger partial charge is 0.573 e. The average molecular weight is 469 g/mol. The quantitative estimate of drug-likeness (QED) is 0.393. The molecule has 3 aromatic rings. The highest BCUT2D eigenvalue weighted by molar-refractivity contribution is 5.89. The van der Waals surface area contributed by atoms with E-state index in [2.05, 4.69) is 39.6 Å². The molecule has 1 atom stereocenters. The first-order valence-corrected chi connectivity index (χ1v) is 11.5. The van der Waals surface area contributed by atoms with E-state index in [4.69, 9.17) is 0 Å². The minimum atomic E-state index is -4.76. The molecule has 0 aromatic heterocycles. The summed E-state index contributed by atoms with van der Waals surface area (Å²) in [6.07, 6.45) is 1.52. The van der Waals surface area contributed by atoms with E-state index in [9.17, 15) is 18.0 Å². The molecular formula is C27H27F3N2O2. The molecule has 0 saturated heterocycles. The minimum absolute atomic E-state index is 0.348. The van der Waals surface area contributed by atoms with Gasteiger partial charge >= 0.3 is 12.4 Å². The maximum absolute atomic E-state index is 12.8. The lowest BCUT2D eigenvalue weighted by Gasteiger charge is -2.24. The van der Waals surface area contributed by atoms with Crippen molar-refractivity contribution in [3.63, 3.8) is 0 Å². The van der Waals surface area contributed by atoms with Crippen LogP contribution >= 0.6 is 0 Å². The molecule has 2 amide bonds. The molecule has 34 heavy (non-hydrogen) atoms. The molecule has 1 aliphatic carbocycles. The fourth-order valence-corrected chi connectivity index (χ4v) is 4.44. The number of hydrogen-bond donors (Lipinski definition) is 2. The first kappa shape index (κ1) is 23.7. The highest BCUT2D eigenvalue weighted by atomic mass is 19.4. The highest BCUT2D eigenvalue weighted by Gasteiger charge is 2.31. The third kappa shape index (κ3) is 6.53. The Kier molecular flexibility index (Phi) is 7.40. The third-order valence-electron chi connectivity index (χ3n) is 6.10. The number of rotatable bonds is 6. The van der Waals surface area contributed by atoms with Crippen LogP contribution in [0.3, 0.4) is 0 Å². The summed E-state index contributed by atoms with van der Waals surface area (Å²) in [6, 6.07) is 22.2. The topological polar surface area (TPSA) is 50.4 Å². The van der Waals surface area contributed by atoms with Crippen LogP contribution in [-0.4, -0.2) is 12.4 Å². The van der Waals surface area contributed by atoms with Crippen LogP contribution in [0.25, 0.3) is 0 Å². The van der Waals surface area contributed by atoms with Gasteiger partial charge in [0.25, 0.3) is 0 Å². The van der Waals surface area contributed by atoms with Gasteiger partial charge in [-0.25, -0.2) is 4.79 Å². The van der Waals surface area contributed by atoms with Gasteiger partial charge in [0.1, 0.15) is 5.75 Å². The molecule has 1 fully saturated rings. The Labute approximate surface area is 197 Å². The zero-order valence-corrected chi connectivity index (χ0v) is 18.6. The molecular weight excluding hydrogens is 441 g/mol. The molecule has 1 unspecified atom stereocenters. The molecule has 0 spiro atoms. The molecule has 2 N–H and O–H groups in total. The zero-order chi connectivity index (χ0) is 24.0. The first-order chi connectivity index (χ1) is 16.4. The van der Waals surface area contributed by atoms with Gasteiger partial charge in [0.05, 0.1) is 6.04 Å². The van der Waals surface area contributed by atoms with Crippen LogP contribution in [0, 0.1) is 0 Å². The van der Waals surface area contributed by atoms with Gasteiger partial charge in [-0.2, -0.15) is 0 Å². The van der Waals surface area contributed by atoms with Crippen LogP contribution < -0.4 is 15.4 Å². The van der Waals surface area contributed by atoms with Gasteiger partial charge in [-0.3, -0.25) is 0 Å². The summed E-state index contributed by atoms with van der Waals surface area (Å²) in [7, 11) is 0. The number of ether oxygens (including phenoxy) is 1. The summed E-state index contributed by atoms with van der Waals surface area (Å²) >= 11 is 0. The van der Waals surface area contributed by atoms with E-state index in [1.165, 1.54) is 49.8 Å². The van der Waals surface area contributed by atoms with Gasteiger partial charge in [-0.15, -0.1) is 13.2 Å². The number of halogens is 3. The number of carbonyl (C=O) groups excluding carboxylic acids is 1. The zero-order valence-electron chi connectivity index (χ0n) is 18.6. The Morgan fingerprint density at radius 3 is 2.06 bits per heavy atom. The molecule has 0 radical (unpaired) electrons. The van der Waals surface area contributed by atoms with Gasteiger partial charge in [0.15, 0.2) is 0 Å². The summed E-state index contributed by atoms with van der Waals surface area (Å²) in [5, 5.41) is 5.67. The maximum atomic E-state index is 12.8. The Morgan fingerprint density at radius 2 is 1.44 bits per heavy atom. The molecule has 1 saturated carbocycles. The number of hydrogen-bond acceptors (Lipinski definition) is 2. The highest BCUT2D eigenvalue weighted by Crippen LogP contribution is 2.33. The standard InChI is InChI=1S/C27H27F3N2O2/c28-27(29,30)34-24-17-15-23(16-18-24)31-26(33)32-25(21-9-5-2-6-10-21)22-13-11-20(12-14-22)19-7-3-1-4-8-19/h2,5-6,9-19,25H,1,3-4,7-8H2,(H2,31,32,33). The van der Waals surface area contributed by atoms with Crippen molar-refractivity contribution in [2.45, 2.75) is 50.4 Å². The van der Waals surface area contributed by atoms with Crippen LogP contribution in [-0.2, 0) is 0 Å². The molecule has 4 nitrogen and oxygen atoms in total. The van der Waals surface area contributed by atoms with E-state index < -0.39 is 12.4 Å². The summed E-state index contributed by atoms with van der Waals surface area (Å²) in [5.74, 6) is 0.247. The van der Waals surface area contributed by atoms with Gasteiger partial charge in [-0.1, -0.05) is 73.9 Å². The van der Waals surface area contributed by atoms with Crippen LogP contribution in [0.15, 0.2) is 78.9 Å². The predicted octanol–water partition coefficient (Wildman–Crippen LogP) is 7.54. The van der Waals surface area contributed by atoms with Gasteiger partial charge < -0.3 is 15.4 Å². The van der Waals surface area contributed by atoms with E-state index in [-0.39, 0.29) is 11.8 Å². The number of urea groups is 1. The average Bonchev–Trinajstić information content (AvgIpc) is 2.84. The first-order valence-electron chi connectivity index (χ1n) is 11.5. The van der Waals surface area contributed by atoms with E-state index in [0.29, 0.717) is 11.6 Å². The van der Waals surface area contributed by atoms with E-state index >= 15 is 0 Å². The molecule has 0 aliphatic heterocycles. The van der Waals surface area contributed by atoms with Crippen LogP contribution in [0.2, 0.25) is 0 Å². The van der Waals surface area contributed by atoms with E-state index in [1.54, 1.807) is 0 Å². The third-order valence-corrected chi connectivity index (χ3v) is 6.10. The Hall–Kier alpha value is -3.48. The molecule has 4 rings (SSSR count). The van der Waals surface area contributed by atoms with Crippen LogP contribution in [0.1, 0.15) is 60.8 Å². The Bertz CT molecular complexity index is 1060. The van der Waals surface area contributed by atoms with Crippen LogP contribution in [0.4, 0.5) is 23.7 Å². The minimum Gasteiger partial charge on any atom is -0.406 e. The van der Waals surface area contributed by atoms with Crippen molar-refractivity contribution in [2.75, 3.05) is 5.32 Å². The fourth-order valence-electron chi connectivity index (χ4n) is 4.44. The van der Waals surface area contributed by atoms with Crippen molar-refractivity contribution in [3.05, 3.63) is 95.6 Å². The number of benzene rings is 3. The molecule has 0 heterocycles. The predicted molar refractivity (Wildman–Crippen MR) is 126 cm³/mol. The Morgan fingerprint density at radius 1 is 0.824 bits per heavy atom. The Balaban J connectivity index is 1.47. The van der Waals surface area contributed by atoms with Crippen molar-refractivity contribution in [1.29, 1.82) is 0 Å². The number of nitrogens with one attached hydrogen (secondary N) is 2. The van der Waals surface area contributed by atoms with Crippen molar-refractivity contribution in [1.82, 2.24) is 5.32 Å². The van der Waals surface area contributed by atoms with Crippen molar-refractivity contribution < 1.29 is 22.7 Å². The second-order valence-electron chi connectivity index (χ2n) is 8.52. The number of anilines is 1. The molecule has 3 aromatic carbocycles. The van der Waals surface area contributed by atoms with Gasteiger partial charge in [0, 0.05) is 5.69 Å². The van der Waals surface area contributed by atoms with Crippen molar-refractivity contribution >= 4 is 11.7 Å². The number of carbonyl (C=O) groups is 1. The fraction of sp³-hybridized carbons (Fsp3) is 0.296. The summed E-state index contributed by atoms with van der Waals surface area (Å²) in [5.41, 5.74) is 3.57. The molecule has 1 aliphatic rings. The SMILES string of the molecule is O=C(Nc1ccc(OC(F)(F)F)cc1)NC(c1ccccc1)c1ccc(C2CCCCC2)cc1. The number of amides is 2. The molecule has 7 heteroatoms. The molecule has 178 valence electrons. The lowest BCUT2D eigenvalue weighted by molar-refractivity contribution is -0.274.